The Balaban J connectivity index is 2.00. The van der Waals surface area contributed by atoms with Gasteiger partial charge in [-0.3, -0.25) is 10.1 Å². The lowest BCUT2D eigenvalue weighted by atomic mass is 10.3. The Morgan fingerprint density at radius 2 is 2.40 bits per heavy atom. The van der Waals surface area contributed by atoms with Gasteiger partial charge in [0, 0.05) is 12.8 Å². The highest BCUT2D eigenvalue weighted by molar-refractivity contribution is 7.16. The van der Waals surface area contributed by atoms with Crippen molar-refractivity contribution in [2.24, 2.45) is 0 Å². The lowest BCUT2D eigenvalue weighted by Gasteiger charge is -1.97. The monoisotopic (exact) mass is 290 g/mol. The summed E-state index contributed by atoms with van der Waals surface area (Å²) >= 11 is 1.28. The molecule has 0 saturated heterocycles. The maximum atomic E-state index is 11.9. The number of hydrogen-bond donors (Lipinski definition) is 2. The van der Waals surface area contributed by atoms with Crippen molar-refractivity contribution in [3.63, 3.8) is 0 Å². The highest BCUT2D eigenvalue weighted by atomic mass is 32.1. The number of rotatable bonds is 4. The quantitative estimate of drug-likeness (QED) is 0.847. The first kappa shape index (κ1) is 14.3. The maximum Gasteiger partial charge on any atom is 0.293 e. The molecule has 0 saturated carbocycles. The van der Waals surface area contributed by atoms with Crippen LogP contribution >= 0.6 is 11.3 Å². The topological polar surface area (TPSA) is 75.4 Å². The van der Waals surface area contributed by atoms with E-state index in [1.807, 2.05) is 6.92 Å². The smallest absolute Gasteiger partial charge is 0.293 e. The summed E-state index contributed by atoms with van der Waals surface area (Å²) in [4.78, 5) is 16.7. The number of anilines is 1. The normalized spacial score (nSPS) is 9.90. The van der Waals surface area contributed by atoms with Gasteiger partial charge in [-0.05, 0) is 12.1 Å². The highest BCUT2D eigenvalue weighted by Gasteiger charge is 2.12. The average molecular weight is 290 g/mol. The van der Waals surface area contributed by atoms with Crippen LogP contribution < -0.4 is 5.32 Å². The zero-order valence-corrected chi connectivity index (χ0v) is 11.8. The van der Waals surface area contributed by atoms with Crippen molar-refractivity contribution in [3.05, 3.63) is 34.7 Å². The van der Waals surface area contributed by atoms with Gasteiger partial charge < -0.3 is 9.52 Å². The molecule has 0 atom stereocenters. The Kier molecular flexibility index (Phi) is 4.93. The third-order valence-electron chi connectivity index (χ3n) is 2.41. The van der Waals surface area contributed by atoms with Gasteiger partial charge in [-0.25, -0.2) is 4.98 Å². The maximum absolute atomic E-state index is 11.9. The van der Waals surface area contributed by atoms with E-state index < -0.39 is 0 Å². The molecule has 5 nitrogen and oxygen atoms in total. The summed E-state index contributed by atoms with van der Waals surface area (Å²) < 4.78 is 5.36. The van der Waals surface area contributed by atoms with Gasteiger partial charge in [0.2, 0.25) is 0 Å². The molecule has 0 spiro atoms. The van der Waals surface area contributed by atoms with Gasteiger partial charge in [-0.15, -0.1) is 0 Å². The molecule has 2 N–H and O–H groups in total. The van der Waals surface area contributed by atoms with E-state index in [2.05, 4.69) is 22.1 Å². The number of amides is 1. The van der Waals surface area contributed by atoms with E-state index in [0.29, 0.717) is 11.6 Å². The summed E-state index contributed by atoms with van der Waals surface area (Å²) in [6.45, 7) is 1.99. The minimum Gasteiger partial charge on any atom is -0.456 e. The lowest BCUT2D eigenvalue weighted by molar-refractivity contribution is 0.0995. The molecule has 6 heteroatoms. The van der Waals surface area contributed by atoms with Crippen LogP contribution in [0.1, 0.15) is 34.5 Å². The molecule has 0 bridgehead atoms. The molecule has 0 fully saturated rings. The second-order valence-electron chi connectivity index (χ2n) is 3.88. The summed E-state index contributed by atoms with van der Waals surface area (Å²) in [6, 6.07) is 3.42. The molecule has 20 heavy (non-hydrogen) atoms. The number of aryl methyl sites for hydroxylation is 1. The zero-order chi connectivity index (χ0) is 14.4. The van der Waals surface area contributed by atoms with E-state index >= 15 is 0 Å². The lowest BCUT2D eigenvalue weighted by Crippen LogP contribution is -2.10. The van der Waals surface area contributed by atoms with Crippen molar-refractivity contribution in [1.82, 2.24) is 4.98 Å². The summed E-state index contributed by atoms with van der Waals surface area (Å²) in [7, 11) is 0. The number of hydrogen-bond acceptors (Lipinski definition) is 5. The molecule has 2 heterocycles. The van der Waals surface area contributed by atoms with Gasteiger partial charge in [-0.2, -0.15) is 0 Å². The van der Waals surface area contributed by atoms with Crippen LogP contribution in [-0.4, -0.2) is 22.6 Å². The molecular formula is C14H14N2O3S. The summed E-state index contributed by atoms with van der Waals surface area (Å²) in [6.07, 6.45) is 2.76. The molecule has 104 valence electrons. The number of furan rings is 1. The van der Waals surface area contributed by atoms with Crippen molar-refractivity contribution in [3.8, 4) is 11.8 Å². The minimum absolute atomic E-state index is 0.0354. The average Bonchev–Trinajstić information content (AvgIpc) is 3.08. The molecule has 0 aliphatic heterocycles. The van der Waals surface area contributed by atoms with Crippen molar-refractivity contribution < 1.29 is 14.3 Å². The number of nitrogens with zero attached hydrogens (tertiary/aromatic N) is 1. The standard InChI is InChI=1S/C14H14N2O3S/c1-2-10-6-7-12(19-10)13(18)16-14-15-9-11(20-14)5-3-4-8-17/h6-7,9,17H,2,4,8H2,1H3,(H,15,16,18). The molecule has 0 aliphatic carbocycles. The number of nitrogens with one attached hydrogen (secondary N) is 1. The van der Waals surface area contributed by atoms with Gasteiger partial charge in [0.05, 0.1) is 17.7 Å². The molecule has 0 aromatic carbocycles. The Labute approximate surface area is 120 Å². The van der Waals surface area contributed by atoms with E-state index in [-0.39, 0.29) is 18.3 Å². The van der Waals surface area contributed by atoms with Gasteiger partial charge >= 0.3 is 0 Å². The minimum atomic E-state index is -0.325. The molecule has 0 radical (unpaired) electrons. The second kappa shape index (κ2) is 6.89. The fourth-order valence-electron chi connectivity index (χ4n) is 1.44. The molecule has 0 aliphatic rings. The largest absolute Gasteiger partial charge is 0.456 e. The van der Waals surface area contributed by atoms with E-state index in [4.69, 9.17) is 9.52 Å². The van der Waals surface area contributed by atoms with Crippen LogP contribution in [-0.2, 0) is 6.42 Å². The number of aliphatic hydroxyl groups is 1. The van der Waals surface area contributed by atoms with Gasteiger partial charge in [-0.1, -0.05) is 30.1 Å². The van der Waals surface area contributed by atoms with Crippen molar-refractivity contribution in [1.29, 1.82) is 0 Å². The van der Waals surface area contributed by atoms with Crippen molar-refractivity contribution in [2.75, 3.05) is 11.9 Å². The first-order valence-corrected chi connectivity index (χ1v) is 7.00. The van der Waals surface area contributed by atoms with E-state index in [9.17, 15) is 4.79 Å². The summed E-state index contributed by atoms with van der Waals surface area (Å²) in [5, 5.41) is 11.8. The van der Waals surface area contributed by atoms with E-state index in [1.165, 1.54) is 11.3 Å². The SMILES string of the molecule is CCc1ccc(C(=O)Nc2ncc(C#CCCO)s2)o1. The summed E-state index contributed by atoms with van der Waals surface area (Å²) in [5.74, 6) is 6.38. The second-order valence-corrected chi connectivity index (χ2v) is 4.91. The Bertz CT molecular complexity index is 649. The fraction of sp³-hybridized carbons (Fsp3) is 0.286. The third-order valence-corrected chi connectivity index (χ3v) is 3.24. The van der Waals surface area contributed by atoms with Crippen LogP contribution in [0.4, 0.5) is 5.13 Å². The van der Waals surface area contributed by atoms with E-state index in [1.54, 1.807) is 18.3 Å². The summed E-state index contributed by atoms with van der Waals surface area (Å²) in [5.41, 5.74) is 0. The van der Waals surface area contributed by atoms with Crippen molar-refractivity contribution in [2.45, 2.75) is 19.8 Å². The van der Waals surface area contributed by atoms with Gasteiger partial charge in [0.15, 0.2) is 10.9 Å². The molecular weight excluding hydrogens is 276 g/mol. The highest BCUT2D eigenvalue weighted by Crippen LogP contribution is 2.18. The van der Waals surface area contributed by atoms with Crippen LogP contribution in [0.3, 0.4) is 0 Å². The Morgan fingerprint density at radius 3 is 3.10 bits per heavy atom. The van der Waals surface area contributed by atoms with Crippen LogP contribution in [0.15, 0.2) is 22.7 Å². The number of thiazole rings is 1. The number of carbonyl (C=O) groups is 1. The van der Waals surface area contributed by atoms with Crippen LogP contribution in [0.5, 0.6) is 0 Å². The van der Waals surface area contributed by atoms with E-state index in [0.717, 1.165) is 17.1 Å². The predicted molar refractivity (Wildman–Crippen MR) is 76.7 cm³/mol. The van der Waals surface area contributed by atoms with Crippen molar-refractivity contribution >= 4 is 22.4 Å². The number of aliphatic hydroxyl groups excluding tert-OH is 1. The van der Waals surface area contributed by atoms with Gasteiger partial charge in [0.25, 0.3) is 5.91 Å². The first-order chi connectivity index (χ1) is 9.72. The zero-order valence-electron chi connectivity index (χ0n) is 11.0. The van der Waals surface area contributed by atoms with Crippen LogP contribution in [0.25, 0.3) is 0 Å². The molecule has 2 rings (SSSR count). The molecule has 0 unspecified atom stereocenters. The van der Waals surface area contributed by atoms with Gasteiger partial charge in [0.1, 0.15) is 5.76 Å². The molecule has 2 aromatic heterocycles. The third kappa shape index (κ3) is 3.70. The molecule has 2 aromatic rings. The number of carbonyl (C=O) groups excluding carboxylic acids is 1. The number of aromatic nitrogens is 1. The predicted octanol–water partition coefficient (Wildman–Crippen LogP) is 2.28. The first-order valence-electron chi connectivity index (χ1n) is 6.18. The van der Waals surface area contributed by atoms with Crippen LogP contribution in [0, 0.1) is 11.8 Å². The Morgan fingerprint density at radius 1 is 1.55 bits per heavy atom. The molecule has 1 amide bonds. The van der Waals surface area contributed by atoms with Crippen LogP contribution in [0.2, 0.25) is 0 Å². The fourth-order valence-corrected chi connectivity index (χ4v) is 2.13. The Hall–Kier alpha value is -2.10.